The van der Waals surface area contributed by atoms with Gasteiger partial charge in [0, 0.05) is 17.0 Å². The molecule has 0 saturated heterocycles. The second kappa shape index (κ2) is 4.04. The summed E-state index contributed by atoms with van der Waals surface area (Å²) in [6.07, 6.45) is 4.55. The van der Waals surface area contributed by atoms with Crippen LogP contribution in [-0.4, -0.2) is 10.1 Å². The Bertz CT molecular complexity index is 779. The van der Waals surface area contributed by atoms with E-state index in [2.05, 4.69) is 29.2 Å². The highest BCUT2D eigenvalue weighted by molar-refractivity contribution is 6.06. The number of aryl methyl sites for hydroxylation is 1. The van der Waals surface area contributed by atoms with Crippen LogP contribution in [0.4, 0.5) is 0 Å². The van der Waals surface area contributed by atoms with E-state index in [1.54, 1.807) is 0 Å². The molecule has 1 unspecified atom stereocenters. The monoisotopic (exact) mass is 249 g/mol. The first-order chi connectivity index (χ1) is 9.34. The molecule has 94 valence electrons. The van der Waals surface area contributed by atoms with Gasteiger partial charge in [0.15, 0.2) is 0 Å². The molecule has 1 aliphatic carbocycles. The zero-order valence-corrected chi connectivity index (χ0v) is 10.6. The van der Waals surface area contributed by atoms with E-state index >= 15 is 0 Å². The topological polar surface area (TPSA) is 33.1 Å². The molecule has 2 aromatic carbocycles. The zero-order valence-electron chi connectivity index (χ0n) is 10.6. The number of nitrogens with zero attached hydrogens (tertiary/aromatic N) is 1. The lowest BCUT2D eigenvalue weighted by atomic mass is 9.87. The van der Waals surface area contributed by atoms with Crippen LogP contribution in [0.2, 0.25) is 0 Å². The Morgan fingerprint density at radius 2 is 1.95 bits per heavy atom. The molecular formula is C17H15NO. The first kappa shape index (κ1) is 10.9. The van der Waals surface area contributed by atoms with Gasteiger partial charge in [-0.3, -0.25) is 4.98 Å². The number of aliphatic hydroxyl groups excluding tert-OH is 1. The molecule has 2 nitrogen and oxygen atoms in total. The quantitative estimate of drug-likeness (QED) is 0.615. The number of aliphatic hydroxyl groups is 1. The molecule has 1 aromatic heterocycles. The molecule has 0 spiro atoms. The van der Waals surface area contributed by atoms with E-state index in [4.69, 9.17) is 0 Å². The van der Waals surface area contributed by atoms with Gasteiger partial charge >= 0.3 is 0 Å². The van der Waals surface area contributed by atoms with Crippen LogP contribution in [0.3, 0.4) is 0 Å². The summed E-state index contributed by atoms with van der Waals surface area (Å²) < 4.78 is 0. The highest BCUT2D eigenvalue weighted by atomic mass is 16.3. The molecule has 2 heteroatoms. The number of aromatic nitrogens is 1. The molecule has 1 aliphatic rings. The van der Waals surface area contributed by atoms with E-state index < -0.39 is 0 Å². The Labute approximate surface area is 111 Å². The normalized spacial score (nSPS) is 18.7. The SMILES string of the molecule is OC1CCCc2cnc3c(ccc4ccccc43)c21. The Hall–Kier alpha value is -1.93. The van der Waals surface area contributed by atoms with Crippen molar-refractivity contribution < 1.29 is 5.11 Å². The number of benzene rings is 2. The Morgan fingerprint density at radius 3 is 2.89 bits per heavy atom. The van der Waals surface area contributed by atoms with Crippen LogP contribution < -0.4 is 0 Å². The third kappa shape index (κ3) is 1.57. The van der Waals surface area contributed by atoms with Crippen molar-refractivity contribution in [3.05, 3.63) is 53.7 Å². The maximum absolute atomic E-state index is 10.3. The zero-order chi connectivity index (χ0) is 12.8. The lowest BCUT2D eigenvalue weighted by Gasteiger charge is -2.23. The first-order valence-corrected chi connectivity index (χ1v) is 6.82. The standard InChI is InChI=1S/C17H15NO/c19-15-7-3-5-12-10-18-17-13-6-2-1-4-11(13)8-9-14(17)16(12)15/h1-2,4,6,8-10,15,19H,3,5,7H2. The van der Waals surface area contributed by atoms with E-state index in [0.717, 1.165) is 35.7 Å². The first-order valence-electron chi connectivity index (χ1n) is 6.82. The van der Waals surface area contributed by atoms with Gasteiger partial charge in [0.1, 0.15) is 0 Å². The summed E-state index contributed by atoms with van der Waals surface area (Å²) in [5, 5.41) is 13.8. The van der Waals surface area contributed by atoms with Gasteiger partial charge in [-0.2, -0.15) is 0 Å². The van der Waals surface area contributed by atoms with Crippen LogP contribution in [0.5, 0.6) is 0 Å². The van der Waals surface area contributed by atoms with Crippen LogP contribution in [0.25, 0.3) is 21.7 Å². The predicted octanol–water partition coefficient (Wildman–Crippen LogP) is 3.76. The largest absolute Gasteiger partial charge is 0.388 e. The van der Waals surface area contributed by atoms with Gasteiger partial charge in [-0.15, -0.1) is 0 Å². The molecule has 0 radical (unpaired) electrons. The average Bonchev–Trinajstić information content (AvgIpc) is 2.46. The van der Waals surface area contributed by atoms with E-state index in [1.165, 1.54) is 16.3 Å². The lowest BCUT2D eigenvalue weighted by Crippen LogP contribution is -2.10. The molecule has 0 saturated carbocycles. The molecule has 0 amide bonds. The van der Waals surface area contributed by atoms with Crippen molar-refractivity contribution in [3.63, 3.8) is 0 Å². The van der Waals surface area contributed by atoms with Crippen molar-refractivity contribution in [2.75, 3.05) is 0 Å². The molecule has 0 aliphatic heterocycles. The van der Waals surface area contributed by atoms with Gasteiger partial charge < -0.3 is 5.11 Å². The lowest BCUT2D eigenvalue weighted by molar-refractivity contribution is 0.158. The molecule has 0 bridgehead atoms. The van der Waals surface area contributed by atoms with Crippen molar-refractivity contribution in [3.8, 4) is 0 Å². The number of rotatable bonds is 0. The maximum Gasteiger partial charge on any atom is 0.0799 e. The maximum atomic E-state index is 10.3. The number of fused-ring (bicyclic) bond motifs is 5. The Morgan fingerprint density at radius 1 is 1.05 bits per heavy atom. The summed E-state index contributed by atoms with van der Waals surface area (Å²) in [4.78, 5) is 4.65. The van der Waals surface area contributed by atoms with E-state index in [-0.39, 0.29) is 6.10 Å². The fourth-order valence-corrected chi connectivity index (χ4v) is 3.22. The average molecular weight is 249 g/mol. The van der Waals surface area contributed by atoms with E-state index in [1.807, 2.05) is 18.3 Å². The third-order valence-electron chi connectivity index (χ3n) is 4.14. The summed E-state index contributed by atoms with van der Waals surface area (Å²) in [6, 6.07) is 12.5. The highest BCUT2D eigenvalue weighted by Crippen LogP contribution is 2.36. The second-order valence-electron chi connectivity index (χ2n) is 5.29. The minimum atomic E-state index is -0.338. The van der Waals surface area contributed by atoms with E-state index in [9.17, 15) is 5.11 Å². The van der Waals surface area contributed by atoms with Crippen LogP contribution in [0.15, 0.2) is 42.6 Å². The predicted molar refractivity (Wildman–Crippen MR) is 77.1 cm³/mol. The summed E-state index contributed by atoms with van der Waals surface area (Å²) >= 11 is 0. The fraction of sp³-hybridized carbons (Fsp3) is 0.235. The third-order valence-corrected chi connectivity index (χ3v) is 4.14. The second-order valence-corrected chi connectivity index (χ2v) is 5.29. The summed E-state index contributed by atoms with van der Waals surface area (Å²) in [6.45, 7) is 0. The molecule has 19 heavy (non-hydrogen) atoms. The van der Waals surface area contributed by atoms with Crippen LogP contribution in [-0.2, 0) is 6.42 Å². The highest BCUT2D eigenvalue weighted by Gasteiger charge is 2.21. The number of hydrogen-bond acceptors (Lipinski definition) is 2. The molecule has 1 heterocycles. The van der Waals surface area contributed by atoms with E-state index in [0.29, 0.717) is 0 Å². The van der Waals surface area contributed by atoms with Crippen LogP contribution >= 0.6 is 0 Å². The minimum absolute atomic E-state index is 0.338. The summed E-state index contributed by atoms with van der Waals surface area (Å²) in [7, 11) is 0. The van der Waals surface area contributed by atoms with Gasteiger partial charge in [-0.1, -0.05) is 36.4 Å². The summed E-state index contributed by atoms with van der Waals surface area (Å²) in [5.41, 5.74) is 3.32. The van der Waals surface area contributed by atoms with Crippen molar-refractivity contribution in [2.45, 2.75) is 25.4 Å². The number of pyridine rings is 1. The molecule has 0 fully saturated rings. The number of hydrogen-bond donors (Lipinski definition) is 1. The van der Waals surface area contributed by atoms with Crippen molar-refractivity contribution >= 4 is 21.7 Å². The van der Waals surface area contributed by atoms with Gasteiger partial charge in [0.2, 0.25) is 0 Å². The van der Waals surface area contributed by atoms with Gasteiger partial charge in [0.25, 0.3) is 0 Å². The van der Waals surface area contributed by atoms with Gasteiger partial charge in [-0.25, -0.2) is 0 Å². The Kier molecular flexibility index (Phi) is 2.32. The van der Waals surface area contributed by atoms with Crippen molar-refractivity contribution in [1.82, 2.24) is 4.98 Å². The molecule has 1 N–H and O–H groups in total. The van der Waals surface area contributed by atoms with Gasteiger partial charge in [0.05, 0.1) is 11.6 Å². The van der Waals surface area contributed by atoms with Crippen molar-refractivity contribution in [1.29, 1.82) is 0 Å². The molecular weight excluding hydrogens is 234 g/mol. The Balaban J connectivity index is 2.15. The summed E-state index contributed by atoms with van der Waals surface area (Å²) in [5.74, 6) is 0. The molecule has 4 rings (SSSR count). The van der Waals surface area contributed by atoms with Crippen LogP contribution in [0, 0.1) is 0 Å². The van der Waals surface area contributed by atoms with Gasteiger partial charge in [-0.05, 0) is 35.8 Å². The molecule has 3 aromatic rings. The molecule has 1 atom stereocenters. The van der Waals surface area contributed by atoms with Crippen LogP contribution in [0.1, 0.15) is 30.1 Å². The van der Waals surface area contributed by atoms with Crippen molar-refractivity contribution in [2.24, 2.45) is 0 Å². The smallest absolute Gasteiger partial charge is 0.0799 e. The fourth-order valence-electron chi connectivity index (χ4n) is 3.22. The minimum Gasteiger partial charge on any atom is -0.388 e.